The van der Waals surface area contributed by atoms with Crippen LogP contribution in [0.1, 0.15) is 28.7 Å². The van der Waals surface area contributed by atoms with Gasteiger partial charge < -0.3 is 14.2 Å². The maximum atomic E-state index is 8.95. The molecule has 1 atom stereocenters. The number of aromatic nitrogens is 1. The Kier molecular flexibility index (Phi) is 4.66. The van der Waals surface area contributed by atoms with Crippen molar-refractivity contribution < 1.29 is 9.26 Å². The van der Waals surface area contributed by atoms with Crippen molar-refractivity contribution in [3.05, 3.63) is 77.2 Å². The fourth-order valence-corrected chi connectivity index (χ4v) is 3.50. The molecule has 0 aliphatic carbocycles. The molecule has 0 radical (unpaired) electrons. The van der Waals surface area contributed by atoms with Crippen LogP contribution in [0.15, 0.2) is 59.1 Å². The molecule has 0 bridgehead atoms. The van der Waals surface area contributed by atoms with Crippen LogP contribution in [0.3, 0.4) is 0 Å². The molecule has 1 saturated heterocycles. The van der Waals surface area contributed by atoms with Crippen LogP contribution in [0.25, 0.3) is 11.1 Å². The van der Waals surface area contributed by atoms with Crippen LogP contribution in [0.4, 0.5) is 0 Å². The number of nitrogens with zero attached hydrogens (tertiary/aromatic N) is 3. The standard InChI is InChI=1S/C22H21N3O2/c1-15-21(16(2)27-24-15)17-8-10-19(11-9-17)22(18-6-4-3-5-7-18)26-20-12-25(13-20)14-23/h3-11,20,22H,12-13H2,1-2H3. The number of likely N-dealkylation sites (tertiary alicyclic amines) is 1. The van der Waals surface area contributed by atoms with E-state index in [1.807, 2.05) is 32.0 Å². The monoisotopic (exact) mass is 359 g/mol. The first-order valence-corrected chi connectivity index (χ1v) is 9.04. The summed E-state index contributed by atoms with van der Waals surface area (Å²) < 4.78 is 11.6. The van der Waals surface area contributed by atoms with Crippen molar-refractivity contribution in [2.45, 2.75) is 26.1 Å². The SMILES string of the molecule is Cc1noc(C)c1-c1ccc(C(OC2CN(C#N)C2)c2ccccc2)cc1. The Bertz CT molecular complexity index is 932. The Morgan fingerprint density at radius 3 is 2.33 bits per heavy atom. The summed E-state index contributed by atoms with van der Waals surface area (Å²) in [5.74, 6) is 0.821. The van der Waals surface area contributed by atoms with E-state index in [9.17, 15) is 0 Å². The van der Waals surface area contributed by atoms with Crippen LogP contribution < -0.4 is 0 Å². The zero-order valence-corrected chi connectivity index (χ0v) is 15.4. The Hall–Kier alpha value is -3.10. The van der Waals surface area contributed by atoms with E-state index in [-0.39, 0.29) is 12.2 Å². The largest absolute Gasteiger partial charge is 0.362 e. The first kappa shape index (κ1) is 17.3. The van der Waals surface area contributed by atoms with Gasteiger partial charge in [0, 0.05) is 5.56 Å². The highest BCUT2D eigenvalue weighted by Crippen LogP contribution is 2.32. The van der Waals surface area contributed by atoms with Gasteiger partial charge in [-0.3, -0.25) is 0 Å². The zero-order chi connectivity index (χ0) is 18.8. The molecule has 1 aromatic heterocycles. The van der Waals surface area contributed by atoms with E-state index in [1.165, 1.54) is 0 Å². The molecule has 2 heterocycles. The molecule has 27 heavy (non-hydrogen) atoms. The number of ether oxygens (including phenoxy) is 1. The van der Waals surface area contributed by atoms with E-state index in [0.29, 0.717) is 13.1 Å². The molecule has 1 unspecified atom stereocenters. The van der Waals surface area contributed by atoms with Crippen molar-refractivity contribution in [2.24, 2.45) is 0 Å². The molecule has 0 spiro atoms. The minimum atomic E-state index is -0.157. The highest BCUT2D eigenvalue weighted by atomic mass is 16.5. The molecule has 0 N–H and O–H groups in total. The van der Waals surface area contributed by atoms with Gasteiger partial charge in [-0.15, -0.1) is 0 Å². The lowest BCUT2D eigenvalue weighted by atomic mass is 9.97. The second-order valence-electron chi connectivity index (χ2n) is 6.87. The molecular formula is C22H21N3O2. The number of hydrogen-bond donors (Lipinski definition) is 0. The van der Waals surface area contributed by atoms with Gasteiger partial charge in [0.05, 0.1) is 24.9 Å². The lowest BCUT2D eigenvalue weighted by molar-refractivity contribution is -0.0615. The molecule has 136 valence electrons. The Morgan fingerprint density at radius 2 is 1.74 bits per heavy atom. The molecule has 1 aliphatic heterocycles. The predicted molar refractivity (Wildman–Crippen MR) is 102 cm³/mol. The highest BCUT2D eigenvalue weighted by Gasteiger charge is 2.30. The van der Waals surface area contributed by atoms with Gasteiger partial charge in [0.25, 0.3) is 0 Å². The summed E-state index contributed by atoms with van der Waals surface area (Å²) in [7, 11) is 0. The molecule has 4 rings (SSSR count). The molecule has 0 amide bonds. The van der Waals surface area contributed by atoms with Crippen molar-refractivity contribution in [2.75, 3.05) is 13.1 Å². The van der Waals surface area contributed by atoms with Crippen molar-refractivity contribution in [1.29, 1.82) is 5.26 Å². The van der Waals surface area contributed by atoms with Crippen LogP contribution in [-0.4, -0.2) is 29.3 Å². The van der Waals surface area contributed by atoms with Crippen molar-refractivity contribution in [1.82, 2.24) is 10.1 Å². The summed E-state index contributed by atoms with van der Waals surface area (Å²) in [6.07, 6.45) is 2.07. The molecule has 5 nitrogen and oxygen atoms in total. The van der Waals surface area contributed by atoms with Gasteiger partial charge in [-0.2, -0.15) is 5.26 Å². The molecule has 1 aliphatic rings. The maximum Gasteiger partial charge on any atom is 0.179 e. The number of hydrogen-bond acceptors (Lipinski definition) is 5. The zero-order valence-electron chi connectivity index (χ0n) is 15.4. The Labute approximate surface area is 158 Å². The van der Waals surface area contributed by atoms with E-state index >= 15 is 0 Å². The van der Waals surface area contributed by atoms with Gasteiger partial charge in [0.2, 0.25) is 0 Å². The van der Waals surface area contributed by atoms with E-state index in [2.05, 4.69) is 47.7 Å². The first-order chi connectivity index (χ1) is 13.2. The third-order valence-corrected chi connectivity index (χ3v) is 4.96. The second kappa shape index (κ2) is 7.26. The molecule has 0 saturated carbocycles. The lowest BCUT2D eigenvalue weighted by Crippen LogP contribution is -2.49. The number of nitriles is 1. The quantitative estimate of drug-likeness (QED) is 0.638. The fourth-order valence-electron chi connectivity index (χ4n) is 3.50. The summed E-state index contributed by atoms with van der Waals surface area (Å²) in [5, 5.41) is 13.0. The molecule has 5 heteroatoms. The maximum absolute atomic E-state index is 8.95. The van der Waals surface area contributed by atoms with E-state index in [1.54, 1.807) is 4.90 Å². The average molecular weight is 359 g/mol. The molecule has 1 fully saturated rings. The third-order valence-electron chi connectivity index (χ3n) is 4.96. The van der Waals surface area contributed by atoms with Crippen molar-refractivity contribution in [3.63, 3.8) is 0 Å². The molecule has 2 aromatic carbocycles. The lowest BCUT2D eigenvalue weighted by Gasteiger charge is -2.37. The fraction of sp³-hybridized carbons (Fsp3) is 0.273. The van der Waals surface area contributed by atoms with Gasteiger partial charge in [0.15, 0.2) is 6.19 Å². The minimum Gasteiger partial charge on any atom is -0.362 e. The Morgan fingerprint density at radius 1 is 1.07 bits per heavy atom. The third kappa shape index (κ3) is 3.44. The predicted octanol–water partition coefficient (Wildman–Crippen LogP) is 4.23. The topological polar surface area (TPSA) is 62.3 Å². The van der Waals surface area contributed by atoms with Gasteiger partial charge in [-0.1, -0.05) is 59.8 Å². The normalized spacial score (nSPS) is 15.2. The highest BCUT2D eigenvalue weighted by molar-refractivity contribution is 5.67. The average Bonchev–Trinajstić information content (AvgIpc) is 3.00. The van der Waals surface area contributed by atoms with E-state index in [4.69, 9.17) is 14.5 Å². The summed E-state index contributed by atoms with van der Waals surface area (Å²) in [6, 6.07) is 18.6. The second-order valence-corrected chi connectivity index (χ2v) is 6.87. The van der Waals surface area contributed by atoms with Gasteiger partial charge in [0.1, 0.15) is 11.9 Å². The summed E-state index contributed by atoms with van der Waals surface area (Å²) >= 11 is 0. The van der Waals surface area contributed by atoms with E-state index in [0.717, 1.165) is 33.7 Å². The molecular weight excluding hydrogens is 338 g/mol. The van der Waals surface area contributed by atoms with Crippen LogP contribution in [0, 0.1) is 25.3 Å². The Balaban J connectivity index is 1.61. The van der Waals surface area contributed by atoms with Gasteiger partial charge >= 0.3 is 0 Å². The van der Waals surface area contributed by atoms with Gasteiger partial charge in [-0.05, 0) is 30.5 Å². The first-order valence-electron chi connectivity index (χ1n) is 9.04. The number of rotatable bonds is 5. The van der Waals surface area contributed by atoms with Crippen LogP contribution in [0.2, 0.25) is 0 Å². The van der Waals surface area contributed by atoms with Crippen LogP contribution in [-0.2, 0) is 4.74 Å². The molecule has 3 aromatic rings. The van der Waals surface area contributed by atoms with Crippen LogP contribution in [0.5, 0.6) is 0 Å². The number of aryl methyl sites for hydroxylation is 2. The summed E-state index contributed by atoms with van der Waals surface area (Å²) in [4.78, 5) is 1.70. The smallest absolute Gasteiger partial charge is 0.179 e. The van der Waals surface area contributed by atoms with Crippen molar-refractivity contribution in [3.8, 4) is 17.3 Å². The number of benzene rings is 2. The van der Waals surface area contributed by atoms with E-state index < -0.39 is 0 Å². The summed E-state index contributed by atoms with van der Waals surface area (Å²) in [5.41, 5.74) is 5.22. The van der Waals surface area contributed by atoms with Gasteiger partial charge in [-0.25, -0.2) is 0 Å². The summed E-state index contributed by atoms with van der Waals surface area (Å²) in [6.45, 7) is 5.18. The van der Waals surface area contributed by atoms with Crippen molar-refractivity contribution >= 4 is 0 Å². The minimum absolute atomic E-state index is 0.0668. The van der Waals surface area contributed by atoms with Crippen LogP contribution >= 0.6 is 0 Å².